The van der Waals surface area contributed by atoms with Crippen LogP contribution in [0.3, 0.4) is 0 Å². The van der Waals surface area contributed by atoms with Crippen LogP contribution in [0.1, 0.15) is 73.3 Å². The summed E-state index contributed by atoms with van der Waals surface area (Å²) in [4.78, 5) is 12.3. The highest BCUT2D eigenvalue weighted by atomic mass is 16.5. The second-order valence-electron chi connectivity index (χ2n) is 8.06. The van der Waals surface area contributed by atoms with Crippen molar-refractivity contribution in [3.8, 4) is 5.75 Å². The highest BCUT2D eigenvalue weighted by Gasteiger charge is 2.42. The average molecular weight is 340 g/mol. The van der Waals surface area contributed by atoms with Crippen molar-refractivity contribution in [3.05, 3.63) is 38.7 Å². The maximum absolute atomic E-state index is 12.3. The van der Waals surface area contributed by atoms with Gasteiger partial charge in [-0.2, -0.15) is 0 Å². The van der Waals surface area contributed by atoms with E-state index in [2.05, 4.69) is 0 Å². The van der Waals surface area contributed by atoms with Crippen LogP contribution in [0, 0.1) is 6.92 Å². The van der Waals surface area contributed by atoms with Crippen LogP contribution in [0.2, 0.25) is 0 Å². The third-order valence-corrected chi connectivity index (χ3v) is 6.48. The largest absolute Gasteiger partial charge is 0.486 e. The van der Waals surface area contributed by atoms with Crippen LogP contribution in [0.25, 0.3) is 11.0 Å². The molecule has 4 heteroatoms. The highest BCUT2D eigenvalue weighted by molar-refractivity contribution is 5.87. The van der Waals surface area contributed by atoms with E-state index < -0.39 is 6.10 Å². The summed E-state index contributed by atoms with van der Waals surface area (Å²) in [5, 5.41) is 11.9. The first-order chi connectivity index (χ1) is 12.1. The quantitative estimate of drug-likeness (QED) is 0.733. The fraction of sp³-hybridized carbons (Fsp3) is 0.571. The number of aliphatic hydroxyl groups is 1. The average Bonchev–Trinajstić information content (AvgIpc) is 3.09. The van der Waals surface area contributed by atoms with Gasteiger partial charge in [-0.05, 0) is 63.5 Å². The van der Waals surface area contributed by atoms with Gasteiger partial charge in [0, 0.05) is 28.5 Å². The Kier molecular flexibility index (Phi) is 3.30. The lowest BCUT2D eigenvalue weighted by atomic mass is 9.77. The predicted octanol–water partition coefficient (Wildman–Crippen LogP) is 4.11. The monoisotopic (exact) mass is 340 g/mol. The van der Waals surface area contributed by atoms with Gasteiger partial charge in [0.05, 0.1) is 6.10 Å². The van der Waals surface area contributed by atoms with Crippen molar-refractivity contribution in [1.29, 1.82) is 0 Å². The normalized spacial score (nSPS) is 24.2. The summed E-state index contributed by atoms with van der Waals surface area (Å²) in [6, 6.07) is 2.02. The molecule has 1 saturated carbocycles. The summed E-state index contributed by atoms with van der Waals surface area (Å²) in [5.74, 6) is 0.745. The van der Waals surface area contributed by atoms with Crippen LogP contribution in [0.4, 0.5) is 0 Å². The summed E-state index contributed by atoms with van der Waals surface area (Å²) in [5.41, 5.74) is 3.85. The predicted molar refractivity (Wildman–Crippen MR) is 95.3 cm³/mol. The first-order valence-corrected chi connectivity index (χ1v) is 9.57. The van der Waals surface area contributed by atoms with Crippen LogP contribution in [-0.4, -0.2) is 10.7 Å². The van der Waals surface area contributed by atoms with Crippen LogP contribution in [0.5, 0.6) is 5.75 Å². The van der Waals surface area contributed by atoms with Gasteiger partial charge < -0.3 is 14.3 Å². The zero-order valence-corrected chi connectivity index (χ0v) is 14.7. The number of benzene rings is 1. The maximum Gasteiger partial charge on any atom is 0.339 e. The summed E-state index contributed by atoms with van der Waals surface area (Å²) in [7, 11) is 0. The van der Waals surface area contributed by atoms with E-state index in [0.717, 1.165) is 78.3 Å². The molecule has 1 atom stereocenters. The maximum atomic E-state index is 12.3. The van der Waals surface area contributed by atoms with Crippen molar-refractivity contribution in [2.45, 2.75) is 76.4 Å². The zero-order chi connectivity index (χ0) is 17.2. The van der Waals surface area contributed by atoms with Gasteiger partial charge in [-0.1, -0.05) is 6.42 Å². The number of rotatable bonds is 0. The van der Waals surface area contributed by atoms with Gasteiger partial charge in [0.25, 0.3) is 0 Å². The van der Waals surface area contributed by atoms with Crippen LogP contribution in [0.15, 0.2) is 15.3 Å². The van der Waals surface area contributed by atoms with E-state index in [1.54, 1.807) is 0 Å². The fourth-order valence-electron chi connectivity index (χ4n) is 5.19. The van der Waals surface area contributed by atoms with Crippen molar-refractivity contribution >= 4 is 11.0 Å². The molecule has 0 saturated heterocycles. The second-order valence-corrected chi connectivity index (χ2v) is 8.06. The van der Waals surface area contributed by atoms with Crippen LogP contribution < -0.4 is 10.4 Å². The molecule has 1 spiro atoms. The Balaban J connectivity index is 1.73. The molecule has 2 aromatic rings. The van der Waals surface area contributed by atoms with E-state index in [0.29, 0.717) is 12.0 Å². The molecular weight excluding hydrogens is 316 g/mol. The van der Waals surface area contributed by atoms with E-state index in [1.807, 2.05) is 13.0 Å². The van der Waals surface area contributed by atoms with Crippen molar-refractivity contribution in [3.63, 3.8) is 0 Å². The van der Waals surface area contributed by atoms with Crippen molar-refractivity contribution < 1.29 is 14.3 Å². The number of fused-ring (bicyclic) bond motifs is 4. The van der Waals surface area contributed by atoms with Gasteiger partial charge in [-0.3, -0.25) is 0 Å². The molecule has 1 fully saturated rings. The lowest BCUT2D eigenvalue weighted by Gasteiger charge is -2.43. The Hall–Kier alpha value is -1.81. The first kappa shape index (κ1) is 15.4. The molecule has 1 aromatic heterocycles. The minimum Gasteiger partial charge on any atom is -0.486 e. The van der Waals surface area contributed by atoms with Crippen molar-refractivity contribution in [2.24, 2.45) is 0 Å². The minimum absolute atomic E-state index is 0.202. The number of aliphatic hydroxyl groups excluding tert-OH is 1. The first-order valence-electron chi connectivity index (χ1n) is 9.57. The molecule has 1 aliphatic heterocycles. The van der Waals surface area contributed by atoms with Crippen LogP contribution in [-0.2, 0) is 12.8 Å². The number of aryl methyl sites for hydroxylation is 2. The molecule has 3 aliphatic rings. The topological polar surface area (TPSA) is 59.7 Å². The smallest absolute Gasteiger partial charge is 0.339 e. The third kappa shape index (κ3) is 2.20. The molecule has 1 N–H and O–H groups in total. The van der Waals surface area contributed by atoms with E-state index >= 15 is 0 Å². The molecule has 25 heavy (non-hydrogen) atoms. The SMILES string of the molecule is Cc1c2c(cc3c4c(c(=O)oc13)CCC4)[C@@H](O)CC1(CCCCC1)O2. The number of ether oxygens (including phenoxy) is 1. The van der Waals surface area contributed by atoms with Gasteiger partial charge in [-0.25, -0.2) is 4.79 Å². The van der Waals surface area contributed by atoms with Gasteiger partial charge >= 0.3 is 5.63 Å². The van der Waals surface area contributed by atoms with Crippen molar-refractivity contribution in [1.82, 2.24) is 0 Å². The Morgan fingerprint density at radius 3 is 2.68 bits per heavy atom. The Bertz CT molecular complexity index is 918. The molecule has 132 valence electrons. The Labute approximate surface area is 146 Å². The zero-order valence-electron chi connectivity index (χ0n) is 14.7. The Morgan fingerprint density at radius 2 is 1.88 bits per heavy atom. The Morgan fingerprint density at radius 1 is 1.12 bits per heavy atom. The molecule has 0 unspecified atom stereocenters. The van der Waals surface area contributed by atoms with Gasteiger partial charge in [0.1, 0.15) is 16.9 Å². The molecule has 1 aromatic carbocycles. The van der Waals surface area contributed by atoms with Gasteiger partial charge in [0.15, 0.2) is 0 Å². The fourth-order valence-corrected chi connectivity index (χ4v) is 5.19. The third-order valence-electron chi connectivity index (χ3n) is 6.48. The molecule has 0 amide bonds. The van der Waals surface area contributed by atoms with E-state index in [1.165, 1.54) is 6.42 Å². The van der Waals surface area contributed by atoms with E-state index in [-0.39, 0.29) is 11.2 Å². The molecule has 0 radical (unpaired) electrons. The summed E-state index contributed by atoms with van der Waals surface area (Å²) < 4.78 is 12.2. The van der Waals surface area contributed by atoms with Crippen molar-refractivity contribution in [2.75, 3.05) is 0 Å². The summed E-state index contributed by atoms with van der Waals surface area (Å²) in [6.07, 6.45) is 8.41. The molecule has 5 rings (SSSR count). The summed E-state index contributed by atoms with van der Waals surface area (Å²) in [6.45, 7) is 1.96. The molecule has 0 bridgehead atoms. The molecule has 4 nitrogen and oxygen atoms in total. The second kappa shape index (κ2) is 5.34. The van der Waals surface area contributed by atoms with Gasteiger partial charge in [-0.15, -0.1) is 0 Å². The van der Waals surface area contributed by atoms with Crippen LogP contribution >= 0.6 is 0 Å². The lowest BCUT2D eigenvalue weighted by Crippen LogP contribution is -2.43. The summed E-state index contributed by atoms with van der Waals surface area (Å²) >= 11 is 0. The van der Waals surface area contributed by atoms with E-state index in [4.69, 9.17) is 9.15 Å². The van der Waals surface area contributed by atoms with Gasteiger partial charge in [0.2, 0.25) is 0 Å². The molecule has 2 heterocycles. The minimum atomic E-state index is -0.506. The molecular formula is C21H24O4. The number of hydrogen-bond acceptors (Lipinski definition) is 4. The molecule has 2 aliphatic carbocycles. The standard InChI is InChI=1S/C21H24O4/c1-12-18-15(13-6-5-7-14(13)20(23)24-18)10-16-17(22)11-21(25-19(12)16)8-3-2-4-9-21/h10,17,22H,2-9,11H2,1H3/t17-/m0/s1. The van der Waals surface area contributed by atoms with E-state index in [9.17, 15) is 9.90 Å². The highest BCUT2D eigenvalue weighted by Crippen LogP contribution is 2.49. The lowest BCUT2D eigenvalue weighted by molar-refractivity contribution is -0.0385. The number of hydrogen-bond donors (Lipinski definition) is 1.